The lowest BCUT2D eigenvalue weighted by atomic mass is 10.2. The molecule has 2 aromatic rings. The predicted octanol–water partition coefficient (Wildman–Crippen LogP) is 4.01. The summed E-state index contributed by atoms with van der Waals surface area (Å²) >= 11 is 1.57. The van der Waals surface area contributed by atoms with E-state index in [4.69, 9.17) is 5.73 Å². The second kappa shape index (κ2) is 5.27. The Kier molecular flexibility index (Phi) is 3.72. The van der Waals surface area contributed by atoms with Gasteiger partial charge in [0.15, 0.2) is 11.6 Å². The molecule has 94 valence electrons. The zero-order chi connectivity index (χ0) is 13.1. The largest absolute Gasteiger partial charge is 0.397 e. The van der Waals surface area contributed by atoms with Gasteiger partial charge in [-0.3, -0.25) is 0 Å². The van der Waals surface area contributed by atoms with Crippen LogP contribution in [0.4, 0.5) is 25.8 Å². The highest BCUT2D eigenvalue weighted by molar-refractivity contribution is 7.98. The summed E-state index contributed by atoms with van der Waals surface area (Å²) in [6.45, 7) is 0. The third kappa shape index (κ3) is 2.56. The Balaban J connectivity index is 2.36. The van der Waals surface area contributed by atoms with Crippen LogP contribution in [0.5, 0.6) is 0 Å². The van der Waals surface area contributed by atoms with Crippen molar-refractivity contribution in [2.24, 2.45) is 0 Å². The molecule has 0 saturated carbocycles. The van der Waals surface area contributed by atoms with Gasteiger partial charge in [0, 0.05) is 10.6 Å². The van der Waals surface area contributed by atoms with Gasteiger partial charge >= 0.3 is 0 Å². The summed E-state index contributed by atoms with van der Waals surface area (Å²) in [7, 11) is 0. The van der Waals surface area contributed by atoms with E-state index in [0.717, 1.165) is 11.0 Å². The number of benzene rings is 2. The number of halogens is 2. The highest BCUT2D eigenvalue weighted by Gasteiger charge is 2.12. The van der Waals surface area contributed by atoms with Gasteiger partial charge in [0.1, 0.15) is 5.69 Å². The van der Waals surface area contributed by atoms with E-state index in [-0.39, 0.29) is 11.4 Å². The molecular weight excluding hydrogens is 254 g/mol. The number of hydrogen-bond donors (Lipinski definition) is 2. The Bertz CT molecular complexity index is 573. The van der Waals surface area contributed by atoms with Crippen molar-refractivity contribution < 1.29 is 8.78 Å². The van der Waals surface area contributed by atoms with E-state index in [1.165, 1.54) is 6.07 Å². The smallest absolute Gasteiger partial charge is 0.184 e. The van der Waals surface area contributed by atoms with E-state index in [2.05, 4.69) is 5.32 Å². The third-order valence-electron chi connectivity index (χ3n) is 2.47. The number of nitrogens with two attached hydrogens (primary N) is 1. The van der Waals surface area contributed by atoms with Gasteiger partial charge in [-0.05, 0) is 36.6 Å². The fourth-order valence-electron chi connectivity index (χ4n) is 1.54. The molecule has 18 heavy (non-hydrogen) atoms. The molecule has 2 nitrogen and oxygen atoms in total. The lowest BCUT2D eigenvalue weighted by molar-refractivity contribution is 0.512. The molecule has 0 spiro atoms. The van der Waals surface area contributed by atoms with E-state index in [9.17, 15) is 8.78 Å². The van der Waals surface area contributed by atoms with E-state index in [1.807, 2.05) is 24.5 Å². The molecule has 0 aliphatic carbocycles. The molecule has 0 aliphatic heterocycles. The average molecular weight is 266 g/mol. The van der Waals surface area contributed by atoms with Crippen molar-refractivity contribution in [3.8, 4) is 0 Å². The molecule has 0 fully saturated rings. The van der Waals surface area contributed by atoms with Gasteiger partial charge in [0.05, 0.1) is 5.69 Å². The maximum absolute atomic E-state index is 13.6. The van der Waals surface area contributed by atoms with Crippen LogP contribution < -0.4 is 11.1 Å². The van der Waals surface area contributed by atoms with Gasteiger partial charge < -0.3 is 11.1 Å². The number of rotatable bonds is 3. The van der Waals surface area contributed by atoms with Crippen molar-refractivity contribution >= 4 is 28.8 Å². The minimum Gasteiger partial charge on any atom is -0.397 e. The SMILES string of the molecule is CSc1cccc(Nc2c(N)ccc(F)c2F)c1. The molecule has 0 unspecified atom stereocenters. The van der Waals surface area contributed by atoms with Gasteiger partial charge in [-0.15, -0.1) is 11.8 Å². The van der Waals surface area contributed by atoms with Crippen LogP contribution in [0.3, 0.4) is 0 Å². The lowest BCUT2D eigenvalue weighted by Crippen LogP contribution is -2.01. The van der Waals surface area contributed by atoms with Crippen LogP contribution in [-0.2, 0) is 0 Å². The van der Waals surface area contributed by atoms with E-state index in [0.29, 0.717) is 5.69 Å². The monoisotopic (exact) mass is 266 g/mol. The van der Waals surface area contributed by atoms with Crippen LogP contribution in [0.25, 0.3) is 0 Å². The van der Waals surface area contributed by atoms with Crippen molar-refractivity contribution in [2.45, 2.75) is 4.90 Å². The lowest BCUT2D eigenvalue weighted by Gasteiger charge is -2.11. The maximum Gasteiger partial charge on any atom is 0.184 e. The second-order valence-electron chi connectivity index (χ2n) is 3.68. The summed E-state index contributed by atoms with van der Waals surface area (Å²) in [5.41, 5.74) is 6.43. The van der Waals surface area contributed by atoms with Crippen molar-refractivity contribution in [1.29, 1.82) is 0 Å². The number of thioether (sulfide) groups is 1. The highest BCUT2D eigenvalue weighted by atomic mass is 32.2. The Hall–Kier alpha value is -1.75. The molecule has 2 rings (SSSR count). The fraction of sp³-hybridized carbons (Fsp3) is 0.0769. The molecular formula is C13H12F2N2S. The van der Waals surface area contributed by atoms with Crippen molar-refractivity contribution in [3.63, 3.8) is 0 Å². The summed E-state index contributed by atoms with van der Waals surface area (Å²) in [5.74, 6) is -1.89. The Morgan fingerprint density at radius 3 is 2.67 bits per heavy atom. The first-order valence-corrected chi connectivity index (χ1v) is 6.49. The standard InChI is InChI=1S/C13H12F2N2S/c1-18-9-4-2-3-8(7-9)17-13-11(16)6-5-10(14)12(13)15/h2-7,17H,16H2,1H3. The fourth-order valence-corrected chi connectivity index (χ4v) is 2.00. The highest BCUT2D eigenvalue weighted by Crippen LogP contribution is 2.29. The minimum atomic E-state index is -0.968. The van der Waals surface area contributed by atoms with Crippen molar-refractivity contribution in [3.05, 3.63) is 48.0 Å². The van der Waals surface area contributed by atoms with Crippen molar-refractivity contribution in [1.82, 2.24) is 0 Å². The van der Waals surface area contributed by atoms with Gasteiger partial charge in [0.2, 0.25) is 0 Å². The summed E-state index contributed by atoms with van der Waals surface area (Å²) in [5, 5.41) is 2.80. The first-order valence-electron chi connectivity index (χ1n) is 5.26. The third-order valence-corrected chi connectivity index (χ3v) is 3.19. The number of hydrogen-bond acceptors (Lipinski definition) is 3. The topological polar surface area (TPSA) is 38.0 Å². The first-order chi connectivity index (χ1) is 8.61. The van der Waals surface area contributed by atoms with Crippen LogP contribution in [0.2, 0.25) is 0 Å². The molecule has 0 aromatic heterocycles. The first kappa shape index (κ1) is 12.7. The predicted molar refractivity (Wildman–Crippen MR) is 72.3 cm³/mol. The molecule has 0 heterocycles. The number of nitrogen functional groups attached to an aromatic ring is 1. The molecule has 0 radical (unpaired) electrons. The molecule has 0 amide bonds. The molecule has 0 aliphatic rings. The van der Waals surface area contributed by atoms with Gasteiger partial charge in [-0.25, -0.2) is 8.78 Å². The molecule has 5 heteroatoms. The molecule has 0 bridgehead atoms. The maximum atomic E-state index is 13.6. The molecule has 0 atom stereocenters. The van der Waals surface area contributed by atoms with Gasteiger partial charge in [0.25, 0.3) is 0 Å². The van der Waals surface area contributed by atoms with Crippen LogP contribution in [-0.4, -0.2) is 6.26 Å². The second-order valence-corrected chi connectivity index (χ2v) is 4.56. The van der Waals surface area contributed by atoms with E-state index >= 15 is 0 Å². The molecule has 3 N–H and O–H groups in total. The van der Waals surface area contributed by atoms with Gasteiger partial charge in [-0.1, -0.05) is 6.07 Å². The Labute approximate surface area is 108 Å². The van der Waals surface area contributed by atoms with Crippen LogP contribution >= 0.6 is 11.8 Å². The minimum absolute atomic E-state index is 0.0340. The summed E-state index contributed by atoms with van der Waals surface area (Å²) < 4.78 is 26.7. The normalized spacial score (nSPS) is 10.4. The zero-order valence-electron chi connectivity index (χ0n) is 9.71. The summed E-state index contributed by atoms with van der Waals surface area (Å²) in [6, 6.07) is 9.72. The number of anilines is 3. The van der Waals surface area contributed by atoms with E-state index < -0.39 is 11.6 Å². The number of nitrogens with one attached hydrogen (secondary N) is 1. The Morgan fingerprint density at radius 1 is 1.17 bits per heavy atom. The zero-order valence-corrected chi connectivity index (χ0v) is 10.5. The van der Waals surface area contributed by atoms with Crippen LogP contribution in [0.15, 0.2) is 41.3 Å². The average Bonchev–Trinajstić information content (AvgIpc) is 2.39. The Morgan fingerprint density at radius 2 is 1.94 bits per heavy atom. The van der Waals surface area contributed by atoms with Crippen molar-refractivity contribution in [2.75, 3.05) is 17.3 Å². The van der Waals surface area contributed by atoms with E-state index in [1.54, 1.807) is 17.8 Å². The van der Waals surface area contributed by atoms with Crippen LogP contribution in [0.1, 0.15) is 0 Å². The van der Waals surface area contributed by atoms with Crippen LogP contribution in [0, 0.1) is 11.6 Å². The molecule has 2 aromatic carbocycles. The summed E-state index contributed by atoms with van der Waals surface area (Å²) in [6.07, 6.45) is 1.94. The summed E-state index contributed by atoms with van der Waals surface area (Å²) in [4.78, 5) is 1.02. The molecule has 0 saturated heterocycles. The van der Waals surface area contributed by atoms with Gasteiger partial charge in [-0.2, -0.15) is 0 Å². The quantitative estimate of drug-likeness (QED) is 0.651.